The summed E-state index contributed by atoms with van der Waals surface area (Å²) in [6, 6.07) is 1.48. The quantitative estimate of drug-likeness (QED) is 0.608. The molecular weight excluding hydrogens is 427 g/mol. The van der Waals surface area contributed by atoms with Crippen LogP contribution in [0.5, 0.6) is 11.8 Å². The van der Waals surface area contributed by atoms with Crippen LogP contribution in [-0.2, 0) is 12.8 Å². The third-order valence-electron chi connectivity index (χ3n) is 6.66. The Kier molecular flexibility index (Phi) is 5.70. The van der Waals surface area contributed by atoms with Crippen molar-refractivity contribution in [1.82, 2.24) is 19.5 Å². The molecule has 1 fully saturated rings. The lowest BCUT2D eigenvalue weighted by Gasteiger charge is -2.24. The van der Waals surface area contributed by atoms with Crippen LogP contribution in [0.2, 0.25) is 0 Å². The molecule has 9 heteroatoms. The average Bonchev–Trinajstić information content (AvgIpc) is 3.34. The van der Waals surface area contributed by atoms with Gasteiger partial charge in [-0.15, -0.1) is 0 Å². The van der Waals surface area contributed by atoms with Crippen LogP contribution in [0.4, 0.5) is 4.39 Å². The fraction of sp³-hybridized carbons (Fsp3) is 0.542. The maximum Gasteiger partial charge on any atom is 0.254 e. The summed E-state index contributed by atoms with van der Waals surface area (Å²) in [5, 5.41) is 22.6. The average molecular weight is 457 g/mol. The molecule has 0 spiro atoms. The molecule has 0 amide bonds. The summed E-state index contributed by atoms with van der Waals surface area (Å²) >= 11 is 0. The predicted octanol–water partition coefficient (Wildman–Crippen LogP) is 3.05. The highest BCUT2D eigenvalue weighted by Crippen LogP contribution is 2.39. The van der Waals surface area contributed by atoms with Gasteiger partial charge in [0.1, 0.15) is 30.3 Å². The number of nitrogens with zero attached hydrogens (tertiary/aromatic N) is 4. The van der Waals surface area contributed by atoms with E-state index in [0.717, 1.165) is 29.5 Å². The molecule has 5 rings (SSSR count). The largest absolute Gasteiger partial charge is 0.473 e. The van der Waals surface area contributed by atoms with Gasteiger partial charge >= 0.3 is 0 Å². The Morgan fingerprint density at radius 2 is 1.85 bits per heavy atom. The van der Waals surface area contributed by atoms with Gasteiger partial charge in [-0.05, 0) is 52.5 Å². The van der Waals surface area contributed by atoms with E-state index in [4.69, 9.17) is 9.47 Å². The van der Waals surface area contributed by atoms with Crippen LogP contribution in [-0.4, -0.2) is 54.1 Å². The van der Waals surface area contributed by atoms with Crippen molar-refractivity contribution in [2.75, 3.05) is 0 Å². The third kappa shape index (κ3) is 3.83. The van der Waals surface area contributed by atoms with Gasteiger partial charge in [-0.2, -0.15) is 4.98 Å². The topological polar surface area (TPSA) is 103 Å². The van der Waals surface area contributed by atoms with Crippen LogP contribution in [0.15, 0.2) is 18.6 Å². The number of hydrogen-bond acceptors (Lipinski definition) is 7. The molecule has 1 saturated carbocycles. The van der Waals surface area contributed by atoms with Crippen molar-refractivity contribution in [3.8, 4) is 11.8 Å². The second-order valence-electron chi connectivity index (χ2n) is 9.23. The maximum atomic E-state index is 15.0. The number of pyridine rings is 1. The number of ether oxygens (including phenoxy) is 2. The second kappa shape index (κ2) is 8.53. The van der Waals surface area contributed by atoms with Gasteiger partial charge in [0, 0.05) is 29.1 Å². The molecule has 176 valence electrons. The standard InChI is InChI=1S/C24H29FN4O4/c1-12(2)32-24-19(25)15-6-4-5-7-16(15)23(28-24)33-18-10-17(20(30)21(18)31)29-9-8-14-13(3)26-11-27-22(14)29/h8-9,11-12,17-18,20-21,30-31H,4-7,10H2,1-3H3/t17-,18+,20+,21-/m1/s1. The van der Waals surface area contributed by atoms with Crippen LogP contribution in [0, 0.1) is 12.7 Å². The van der Waals surface area contributed by atoms with Crippen molar-refractivity contribution >= 4 is 11.0 Å². The minimum absolute atomic E-state index is 0.0752. The predicted molar refractivity (Wildman–Crippen MR) is 119 cm³/mol. The van der Waals surface area contributed by atoms with Gasteiger partial charge in [-0.3, -0.25) is 0 Å². The van der Waals surface area contributed by atoms with Gasteiger partial charge in [-0.1, -0.05) is 0 Å². The van der Waals surface area contributed by atoms with Crippen LogP contribution in [0.1, 0.15) is 56.0 Å². The van der Waals surface area contributed by atoms with Crippen molar-refractivity contribution in [2.24, 2.45) is 0 Å². The molecule has 33 heavy (non-hydrogen) atoms. The van der Waals surface area contributed by atoms with Crippen LogP contribution < -0.4 is 9.47 Å². The van der Waals surface area contributed by atoms with E-state index in [9.17, 15) is 10.2 Å². The van der Waals surface area contributed by atoms with E-state index in [0.29, 0.717) is 30.5 Å². The molecule has 3 aromatic rings. The number of aryl methyl sites for hydroxylation is 1. The Morgan fingerprint density at radius 3 is 2.61 bits per heavy atom. The summed E-state index contributed by atoms with van der Waals surface area (Å²) in [7, 11) is 0. The molecule has 0 saturated heterocycles. The monoisotopic (exact) mass is 456 g/mol. The van der Waals surface area contributed by atoms with Crippen molar-refractivity contribution in [1.29, 1.82) is 0 Å². The molecule has 3 heterocycles. The minimum Gasteiger partial charge on any atom is -0.473 e. The maximum absolute atomic E-state index is 15.0. The summed E-state index contributed by atoms with van der Waals surface area (Å²) in [5.41, 5.74) is 2.86. The SMILES string of the molecule is Cc1ncnc2c1ccn2[C@@H]1C[C@H](Oc2nc(OC(C)C)c(F)c3c2CCCC3)[C@@H](O)[C@H]1O. The summed E-state index contributed by atoms with van der Waals surface area (Å²) in [6.45, 7) is 5.53. The fourth-order valence-corrected chi connectivity index (χ4v) is 4.99. The molecule has 8 nitrogen and oxygen atoms in total. The van der Waals surface area contributed by atoms with E-state index in [-0.39, 0.29) is 17.9 Å². The lowest BCUT2D eigenvalue weighted by molar-refractivity contribution is -0.0180. The highest BCUT2D eigenvalue weighted by atomic mass is 19.1. The highest BCUT2D eigenvalue weighted by molar-refractivity contribution is 5.78. The highest BCUT2D eigenvalue weighted by Gasteiger charge is 2.45. The van der Waals surface area contributed by atoms with E-state index >= 15 is 4.39 Å². The molecule has 0 aromatic carbocycles. The molecule has 0 radical (unpaired) electrons. The number of aliphatic hydroxyl groups is 2. The first-order valence-corrected chi connectivity index (χ1v) is 11.5. The minimum atomic E-state index is -1.13. The van der Waals surface area contributed by atoms with Gasteiger partial charge in [0.05, 0.1) is 17.8 Å². The molecule has 2 N–H and O–H groups in total. The summed E-state index contributed by atoms with van der Waals surface area (Å²) in [6.07, 6.45) is 3.63. The Balaban J connectivity index is 1.46. The van der Waals surface area contributed by atoms with Crippen LogP contribution >= 0.6 is 0 Å². The first kappa shape index (κ1) is 22.0. The third-order valence-corrected chi connectivity index (χ3v) is 6.66. The number of halogens is 1. The molecular formula is C24H29FN4O4. The van der Waals surface area contributed by atoms with Gasteiger partial charge < -0.3 is 24.3 Å². The van der Waals surface area contributed by atoms with E-state index < -0.39 is 30.2 Å². The van der Waals surface area contributed by atoms with Gasteiger partial charge in [0.15, 0.2) is 5.82 Å². The van der Waals surface area contributed by atoms with E-state index in [1.54, 1.807) is 0 Å². The zero-order valence-corrected chi connectivity index (χ0v) is 19.0. The number of aliphatic hydroxyl groups excluding tert-OH is 2. The molecule has 0 unspecified atom stereocenters. The number of fused-ring (bicyclic) bond motifs is 2. The zero-order valence-electron chi connectivity index (χ0n) is 19.0. The van der Waals surface area contributed by atoms with Gasteiger partial charge in [0.2, 0.25) is 5.88 Å². The molecule has 0 aliphatic heterocycles. The number of hydrogen-bond donors (Lipinski definition) is 2. The number of rotatable bonds is 5. The second-order valence-corrected chi connectivity index (χ2v) is 9.23. The van der Waals surface area contributed by atoms with Crippen molar-refractivity contribution in [3.05, 3.63) is 41.2 Å². The lowest BCUT2D eigenvalue weighted by Crippen LogP contribution is -2.34. The van der Waals surface area contributed by atoms with Gasteiger partial charge in [-0.25, -0.2) is 14.4 Å². The fourth-order valence-electron chi connectivity index (χ4n) is 4.99. The Labute approximate surface area is 191 Å². The van der Waals surface area contributed by atoms with Crippen LogP contribution in [0.3, 0.4) is 0 Å². The summed E-state index contributed by atoms with van der Waals surface area (Å²) < 4.78 is 28.7. The van der Waals surface area contributed by atoms with E-state index in [1.807, 2.05) is 37.6 Å². The smallest absolute Gasteiger partial charge is 0.254 e. The number of aromatic nitrogens is 4. The Bertz CT molecular complexity index is 1180. The normalized spacial score (nSPS) is 24.9. The summed E-state index contributed by atoms with van der Waals surface area (Å²) in [4.78, 5) is 12.9. The van der Waals surface area contributed by atoms with E-state index in [2.05, 4.69) is 15.0 Å². The van der Waals surface area contributed by atoms with Crippen LogP contribution in [0.25, 0.3) is 11.0 Å². The summed E-state index contributed by atoms with van der Waals surface area (Å²) in [5.74, 6) is -0.215. The zero-order chi connectivity index (χ0) is 23.3. The molecule has 3 aromatic heterocycles. The molecule has 4 atom stereocenters. The molecule has 2 aliphatic carbocycles. The molecule has 2 aliphatic rings. The van der Waals surface area contributed by atoms with E-state index in [1.165, 1.54) is 6.33 Å². The lowest BCUT2D eigenvalue weighted by atomic mass is 9.92. The molecule has 0 bridgehead atoms. The first-order valence-electron chi connectivity index (χ1n) is 11.5. The van der Waals surface area contributed by atoms with Gasteiger partial charge in [0.25, 0.3) is 5.88 Å². The van der Waals surface area contributed by atoms with Crippen molar-refractivity contribution < 1.29 is 24.1 Å². The van der Waals surface area contributed by atoms with Crippen molar-refractivity contribution in [2.45, 2.75) is 83.3 Å². The first-order chi connectivity index (χ1) is 15.8. The Hall–Kier alpha value is -2.78. The Morgan fingerprint density at radius 1 is 1.09 bits per heavy atom. The van der Waals surface area contributed by atoms with Crippen molar-refractivity contribution in [3.63, 3.8) is 0 Å².